The number of nitrogens with zero attached hydrogens (tertiary/aromatic N) is 1. The van der Waals surface area contributed by atoms with Crippen molar-refractivity contribution in [2.24, 2.45) is 7.05 Å². The molecule has 1 heterocycles. The van der Waals surface area contributed by atoms with Crippen molar-refractivity contribution in [1.29, 1.82) is 0 Å². The summed E-state index contributed by atoms with van der Waals surface area (Å²) in [6.07, 6.45) is 1.74. The van der Waals surface area contributed by atoms with Crippen LogP contribution in [0.25, 0.3) is 0 Å². The molecule has 2 N–H and O–H groups in total. The van der Waals surface area contributed by atoms with E-state index in [9.17, 15) is 0 Å². The number of hydrogen-bond donors (Lipinski definition) is 2. The van der Waals surface area contributed by atoms with Crippen LogP contribution in [-0.4, -0.2) is 22.3 Å². The average Bonchev–Trinajstić information content (AvgIpc) is 2.36. The zero-order chi connectivity index (χ0) is 8.97. The van der Waals surface area contributed by atoms with E-state index in [-0.39, 0.29) is 18.5 Å². The first-order valence-electron chi connectivity index (χ1n) is 4.19. The molecule has 0 aliphatic rings. The van der Waals surface area contributed by atoms with E-state index in [2.05, 4.69) is 16.0 Å². The lowest BCUT2D eigenvalue weighted by atomic mass is 10.4. The fourth-order valence-electron chi connectivity index (χ4n) is 1.09. The molecular formula is C9H17ClN2O. The number of rotatable bonds is 4. The molecule has 0 aliphatic heterocycles. The van der Waals surface area contributed by atoms with Crippen molar-refractivity contribution in [2.75, 3.05) is 6.54 Å². The first-order valence-corrected chi connectivity index (χ1v) is 4.19. The van der Waals surface area contributed by atoms with E-state index in [0.717, 1.165) is 6.54 Å². The van der Waals surface area contributed by atoms with Crippen LogP contribution in [0.15, 0.2) is 18.3 Å². The smallest absolute Gasteiger partial charge is 0.0636 e. The fourth-order valence-corrected chi connectivity index (χ4v) is 1.09. The second-order valence-electron chi connectivity index (χ2n) is 3.09. The van der Waals surface area contributed by atoms with Crippen LogP contribution in [0.3, 0.4) is 0 Å². The van der Waals surface area contributed by atoms with Gasteiger partial charge in [0.15, 0.2) is 0 Å². The monoisotopic (exact) mass is 204 g/mol. The molecule has 0 fully saturated rings. The Labute approximate surface area is 85.2 Å². The average molecular weight is 205 g/mol. The molecule has 0 saturated carbocycles. The lowest BCUT2D eigenvalue weighted by Gasteiger charge is -2.07. The standard InChI is InChI=1S/C9H16N2O.ClH/c1-8(12)6-10-7-9-4-3-5-11(9)2;/h3-5,8,10,12H,6-7H2,1-2H3;1H. The number of nitrogens with one attached hydrogen (secondary N) is 1. The largest absolute Gasteiger partial charge is 0.392 e. The van der Waals surface area contributed by atoms with Crippen LogP contribution in [-0.2, 0) is 13.6 Å². The zero-order valence-corrected chi connectivity index (χ0v) is 8.84. The summed E-state index contributed by atoms with van der Waals surface area (Å²) >= 11 is 0. The second-order valence-corrected chi connectivity index (χ2v) is 3.09. The Kier molecular flexibility index (Phi) is 5.79. The van der Waals surface area contributed by atoms with E-state index >= 15 is 0 Å². The lowest BCUT2D eigenvalue weighted by Crippen LogP contribution is -2.24. The van der Waals surface area contributed by atoms with Gasteiger partial charge in [-0.1, -0.05) is 0 Å². The van der Waals surface area contributed by atoms with E-state index < -0.39 is 0 Å². The van der Waals surface area contributed by atoms with Crippen LogP contribution < -0.4 is 5.32 Å². The maximum atomic E-state index is 8.98. The molecule has 1 rings (SSSR count). The highest BCUT2D eigenvalue weighted by atomic mass is 35.5. The molecule has 4 heteroatoms. The summed E-state index contributed by atoms with van der Waals surface area (Å²) in [5, 5.41) is 12.1. The Balaban J connectivity index is 0.00000144. The molecule has 0 saturated heterocycles. The van der Waals surface area contributed by atoms with Crippen LogP contribution in [0.4, 0.5) is 0 Å². The molecular weight excluding hydrogens is 188 g/mol. The van der Waals surface area contributed by atoms with Gasteiger partial charge in [0.05, 0.1) is 6.10 Å². The molecule has 3 nitrogen and oxygen atoms in total. The number of aryl methyl sites for hydroxylation is 1. The minimum Gasteiger partial charge on any atom is -0.392 e. The van der Waals surface area contributed by atoms with Gasteiger partial charge in [0.1, 0.15) is 0 Å². The van der Waals surface area contributed by atoms with Crippen LogP contribution >= 0.6 is 12.4 Å². The van der Waals surface area contributed by atoms with Gasteiger partial charge in [-0.3, -0.25) is 0 Å². The molecule has 0 spiro atoms. The molecule has 0 amide bonds. The Morgan fingerprint density at radius 2 is 2.31 bits per heavy atom. The molecule has 1 unspecified atom stereocenters. The number of aliphatic hydroxyl groups is 1. The van der Waals surface area contributed by atoms with Gasteiger partial charge in [-0.25, -0.2) is 0 Å². The lowest BCUT2D eigenvalue weighted by molar-refractivity contribution is 0.190. The van der Waals surface area contributed by atoms with E-state index in [0.29, 0.717) is 6.54 Å². The maximum Gasteiger partial charge on any atom is 0.0636 e. The van der Waals surface area contributed by atoms with Crippen LogP contribution in [0.2, 0.25) is 0 Å². The normalized spacial score (nSPS) is 12.2. The van der Waals surface area contributed by atoms with Gasteiger partial charge in [0.2, 0.25) is 0 Å². The summed E-state index contributed by atoms with van der Waals surface area (Å²) in [7, 11) is 2.01. The minimum absolute atomic E-state index is 0. The van der Waals surface area contributed by atoms with Crippen molar-refractivity contribution in [2.45, 2.75) is 19.6 Å². The molecule has 0 aliphatic carbocycles. The Morgan fingerprint density at radius 1 is 1.62 bits per heavy atom. The Bertz CT molecular complexity index is 235. The fraction of sp³-hybridized carbons (Fsp3) is 0.556. The quantitative estimate of drug-likeness (QED) is 0.766. The van der Waals surface area contributed by atoms with Gasteiger partial charge in [-0.2, -0.15) is 0 Å². The van der Waals surface area contributed by atoms with Crippen LogP contribution in [0.1, 0.15) is 12.6 Å². The van der Waals surface area contributed by atoms with Gasteiger partial charge < -0.3 is 15.0 Å². The van der Waals surface area contributed by atoms with E-state index in [1.807, 2.05) is 19.3 Å². The van der Waals surface area contributed by atoms with E-state index in [4.69, 9.17) is 5.11 Å². The summed E-state index contributed by atoms with van der Waals surface area (Å²) < 4.78 is 2.06. The zero-order valence-electron chi connectivity index (χ0n) is 8.03. The summed E-state index contributed by atoms with van der Waals surface area (Å²) in [6, 6.07) is 4.08. The van der Waals surface area contributed by atoms with Crippen LogP contribution in [0, 0.1) is 0 Å². The highest BCUT2D eigenvalue weighted by Gasteiger charge is 1.97. The topological polar surface area (TPSA) is 37.2 Å². The van der Waals surface area contributed by atoms with Crippen molar-refractivity contribution in [3.05, 3.63) is 24.0 Å². The van der Waals surface area contributed by atoms with Gasteiger partial charge in [-0.15, -0.1) is 12.4 Å². The van der Waals surface area contributed by atoms with Crippen molar-refractivity contribution in [3.63, 3.8) is 0 Å². The SMILES string of the molecule is CC(O)CNCc1cccn1C.Cl. The van der Waals surface area contributed by atoms with Crippen molar-refractivity contribution in [1.82, 2.24) is 9.88 Å². The third-order valence-electron chi connectivity index (χ3n) is 1.80. The predicted octanol–water partition coefficient (Wildman–Crippen LogP) is 0.917. The first kappa shape index (κ1) is 12.5. The second kappa shape index (κ2) is 6.02. The molecule has 1 aromatic rings. The predicted molar refractivity (Wildman–Crippen MR) is 56.0 cm³/mol. The maximum absolute atomic E-state index is 8.98. The number of aliphatic hydroxyl groups excluding tert-OH is 1. The molecule has 0 aromatic carbocycles. The van der Waals surface area contributed by atoms with E-state index in [1.54, 1.807) is 6.92 Å². The summed E-state index contributed by atoms with van der Waals surface area (Å²) in [4.78, 5) is 0. The van der Waals surface area contributed by atoms with Crippen molar-refractivity contribution < 1.29 is 5.11 Å². The van der Waals surface area contributed by atoms with Gasteiger partial charge in [0, 0.05) is 32.0 Å². The van der Waals surface area contributed by atoms with Crippen molar-refractivity contribution >= 4 is 12.4 Å². The molecule has 0 radical (unpaired) electrons. The molecule has 1 aromatic heterocycles. The van der Waals surface area contributed by atoms with Gasteiger partial charge in [0.25, 0.3) is 0 Å². The number of hydrogen-bond acceptors (Lipinski definition) is 2. The van der Waals surface area contributed by atoms with Crippen molar-refractivity contribution in [3.8, 4) is 0 Å². The molecule has 76 valence electrons. The molecule has 0 bridgehead atoms. The Morgan fingerprint density at radius 3 is 2.77 bits per heavy atom. The summed E-state index contributed by atoms with van der Waals surface area (Å²) in [5.41, 5.74) is 1.23. The summed E-state index contributed by atoms with van der Waals surface area (Å²) in [5.74, 6) is 0. The third kappa shape index (κ3) is 4.31. The highest BCUT2D eigenvalue weighted by Crippen LogP contribution is 1.97. The van der Waals surface area contributed by atoms with Crippen LogP contribution in [0.5, 0.6) is 0 Å². The Hall–Kier alpha value is -0.510. The minimum atomic E-state index is -0.273. The number of aromatic nitrogens is 1. The van der Waals surface area contributed by atoms with Gasteiger partial charge in [-0.05, 0) is 19.1 Å². The first-order chi connectivity index (χ1) is 5.70. The molecule has 1 atom stereocenters. The summed E-state index contributed by atoms with van der Waals surface area (Å²) in [6.45, 7) is 3.23. The van der Waals surface area contributed by atoms with Gasteiger partial charge >= 0.3 is 0 Å². The molecule has 13 heavy (non-hydrogen) atoms. The van der Waals surface area contributed by atoms with E-state index in [1.165, 1.54) is 5.69 Å². The number of halogens is 1. The highest BCUT2D eigenvalue weighted by molar-refractivity contribution is 5.85. The third-order valence-corrected chi connectivity index (χ3v) is 1.80.